The van der Waals surface area contributed by atoms with Crippen LogP contribution in [0.3, 0.4) is 0 Å². The molecular weight excluding hydrogens is 272 g/mol. The number of nitrogens with one attached hydrogen (secondary N) is 1. The number of benzene rings is 1. The highest BCUT2D eigenvalue weighted by atomic mass is 35.5. The minimum atomic E-state index is 0.466. The third-order valence-corrected chi connectivity index (χ3v) is 4.16. The van der Waals surface area contributed by atoms with Crippen molar-refractivity contribution in [3.05, 3.63) is 53.3 Å². The summed E-state index contributed by atoms with van der Waals surface area (Å²) in [5.41, 5.74) is 2.27. The van der Waals surface area contributed by atoms with Gasteiger partial charge in [0.2, 0.25) is 0 Å². The van der Waals surface area contributed by atoms with Gasteiger partial charge in [-0.15, -0.1) is 0 Å². The quantitative estimate of drug-likeness (QED) is 0.919. The molecule has 2 aromatic rings. The summed E-state index contributed by atoms with van der Waals surface area (Å²) < 4.78 is 5.27. The zero-order valence-electron chi connectivity index (χ0n) is 11.3. The van der Waals surface area contributed by atoms with Gasteiger partial charge in [-0.25, -0.2) is 0 Å². The van der Waals surface area contributed by atoms with E-state index in [9.17, 15) is 0 Å². The van der Waals surface area contributed by atoms with E-state index in [-0.39, 0.29) is 0 Å². The van der Waals surface area contributed by atoms with Crippen molar-refractivity contribution < 1.29 is 4.74 Å². The van der Waals surface area contributed by atoms with Gasteiger partial charge in [0.1, 0.15) is 5.75 Å². The zero-order valence-corrected chi connectivity index (χ0v) is 12.1. The zero-order chi connectivity index (χ0) is 13.9. The van der Waals surface area contributed by atoms with Gasteiger partial charge >= 0.3 is 0 Å². The molecule has 0 spiro atoms. The Morgan fingerprint density at radius 1 is 1.30 bits per heavy atom. The van der Waals surface area contributed by atoms with Crippen LogP contribution in [0.15, 0.2) is 42.7 Å². The van der Waals surface area contributed by atoms with Crippen molar-refractivity contribution in [2.45, 2.75) is 24.8 Å². The molecule has 1 saturated carbocycles. The minimum Gasteiger partial charge on any atom is -0.497 e. The highest BCUT2D eigenvalue weighted by Gasteiger charge is 2.30. The maximum Gasteiger partial charge on any atom is 0.119 e. The number of methoxy groups -OCH3 is 1. The summed E-state index contributed by atoms with van der Waals surface area (Å²) in [6, 6.07) is 10.6. The van der Waals surface area contributed by atoms with Crippen LogP contribution in [0.5, 0.6) is 5.75 Å². The molecule has 1 heterocycles. The summed E-state index contributed by atoms with van der Waals surface area (Å²) in [5, 5.41) is 4.18. The molecular formula is C16H17ClN2O. The standard InChI is InChI=1S/C16H17ClN2O/c1-20-14-4-2-3-11(9-14)12-7-13(8-12)19-16-10-18-6-5-15(16)17/h2-6,9-10,12-13,19H,7-8H2,1H3. The van der Waals surface area contributed by atoms with Gasteiger partial charge in [0.25, 0.3) is 0 Å². The molecule has 1 N–H and O–H groups in total. The van der Waals surface area contributed by atoms with E-state index < -0.39 is 0 Å². The van der Waals surface area contributed by atoms with Gasteiger partial charge in [-0.1, -0.05) is 23.7 Å². The normalized spacial score (nSPS) is 21.1. The van der Waals surface area contributed by atoms with Crippen LogP contribution >= 0.6 is 11.6 Å². The molecule has 20 heavy (non-hydrogen) atoms. The number of rotatable bonds is 4. The summed E-state index contributed by atoms with van der Waals surface area (Å²) in [7, 11) is 1.70. The number of halogens is 1. The smallest absolute Gasteiger partial charge is 0.119 e. The Hall–Kier alpha value is -1.74. The van der Waals surface area contributed by atoms with Crippen molar-refractivity contribution in [2.24, 2.45) is 0 Å². The molecule has 1 aromatic carbocycles. The van der Waals surface area contributed by atoms with E-state index in [0.29, 0.717) is 12.0 Å². The van der Waals surface area contributed by atoms with Crippen molar-refractivity contribution in [3.63, 3.8) is 0 Å². The van der Waals surface area contributed by atoms with Crippen LogP contribution in [0.4, 0.5) is 5.69 Å². The molecule has 3 nitrogen and oxygen atoms in total. The van der Waals surface area contributed by atoms with Crippen molar-refractivity contribution in [1.29, 1.82) is 0 Å². The predicted octanol–water partition coefficient (Wildman–Crippen LogP) is 4.10. The van der Waals surface area contributed by atoms with Gasteiger partial charge in [0.05, 0.1) is 24.0 Å². The molecule has 104 valence electrons. The lowest BCUT2D eigenvalue weighted by atomic mass is 9.76. The maximum absolute atomic E-state index is 6.12. The molecule has 0 amide bonds. The van der Waals surface area contributed by atoms with E-state index in [2.05, 4.69) is 22.4 Å². The number of hydrogen-bond acceptors (Lipinski definition) is 3. The fourth-order valence-electron chi connectivity index (χ4n) is 2.61. The Labute approximate surface area is 123 Å². The lowest BCUT2D eigenvalue weighted by molar-refractivity contribution is 0.370. The topological polar surface area (TPSA) is 34.1 Å². The second kappa shape index (κ2) is 5.71. The number of anilines is 1. The van der Waals surface area contributed by atoms with Crippen molar-refractivity contribution in [2.75, 3.05) is 12.4 Å². The van der Waals surface area contributed by atoms with Gasteiger partial charge in [0, 0.05) is 12.2 Å². The molecule has 1 aromatic heterocycles. The first-order valence-corrected chi connectivity index (χ1v) is 7.14. The molecule has 1 aliphatic rings. The minimum absolute atomic E-state index is 0.466. The van der Waals surface area contributed by atoms with Crippen molar-refractivity contribution in [1.82, 2.24) is 4.98 Å². The first-order valence-electron chi connectivity index (χ1n) is 6.76. The fraction of sp³-hybridized carbons (Fsp3) is 0.312. The van der Waals surface area contributed by atoms with E-state index in [4.69, 9.17) is 16.3 Å². The molecule has 3 rings (SSSR count). The monoisotopic (exact) mass is 288 g/mol. The molecule has 0 radical (unpaired) electrons. The van der Waals surface area contributed by atoms with Crippen molar-refractivity contribution >= 4 is 17.3 Å². The first-order chi connectivity index (χ1) is 9.76. The Morgan fingerprint density at radius 2 is 2.15 bits per heavy atom. The first kappa shape index (κ1) is 13.3. The van der Waals surface area contributed by atoms with E-state index >= 15 is 0 Å². The van der Waals surface area contributed by atoms with Crippen molar-refractivity contribution in [3.8, 4) is 5.75 Å². The molecule has 1 fully saturated rings. The Bertz CT molecular complexity index is 597. The summed E-state index contributed by atoms with van der Waals surface area (Å²) in [5.74, 6) is 1.52. The van der Waals surface area contributed by atoms with Crippen LogP contribution in [-0.4, -0.2) is 18.1 Å². The second-order valence-corrected chi connectivity index (χ2v) is 5.55. The van der Waals surface area contributed by atoms with Crippen LogP contribution in [0, 0.1) is 0 Å². The SMILES string of the molecule is COc1cccc(C2CC(Nc3cnccc3Cl)C2)c1. The number of nitrogens with zero attached hydrogens (tertiary/aromatic N) is 1. The summed E-state index contributed by atoms with van der Waals surface area (Å²) in [6.07, 6.45) is 5.70. The molecule has 1 aliphatic carbocycles. The van der Waals surface area contributed by atoms with E-state index in [0.717, 1.165) is 29.3 Å². The Kier molecular flexibility index (Phi) is 3.79. The van der Waals surface area contributed by atoms with Gasteiger partial charge in [-0.05, 0) is 42.5 Å². The number of aromatic nitrogens is 1. The summed E-state index contributed by atoms with van der Waals surface area (Å²) in [4.78, 5) is 4.09. The summed E-state index contributed by atoms with van der Waals surface area (Å²) in [6.45, 7) is 0. The predicted molar refractivity (Wildman–Crippen MR) is 81.6 cm³/mol. The molecule has 0 aliphatic heterocycles. The van der Waals surface area contributed by atoms with Gasteiger partial charge in [-0.3, -0.25) is 4.98 Å². The van der Waals surface area contributed by atoms with Crippen LogP contribution in [-0.2, 0) is 0 Å². The van der Waals surface area contributed by atoms with Gasteiger partial charge < -0.3 is 10.1 Å². The lowest BCUT2D eigenvalue weighted by Crippen LogP contribution is -2.34. The number of hydrogen-bond donors (Lipinski definition) is 1. The molecule has 4 heteroatoms. The van der Waals surface area contributed by atoms with Gasteiger partial charge in [-0.2, -0.15) is 0 Å². The Balaban J connectivity index is 1.60. The largest absolute Gasteiger partial charge is 0.497 e. The van der Waals surface area contributed by atoms with Crippen LogP contribution in [0.25, 0.3) is 0 Å². The maximum atomic E-state index is 6.12. The molecule has 0 bridgehead atoms. The average Bonchev–Trinajstić information content (AvgIpc) is 2.44. The summed E-state index contributed by atoms with van der Waals surface area (Å²) >= 11 is 6.12. The molecule has 0 saturated heterocycles. The molecule has 0 atom stereocenters. The number of pyridine rings is 1. The van der Waals surface area contributed by atoms with E-state index in [1.807, 2.05) is 18.2 Å². The highest BCUT2D eigenvalue weighted by molar-refractivity contribution is 6.33. The van der Waals surface area contributed by atoms with E-state index in [1.165, 1.54) is 5.56 Å². The van der Waals surface area contributed by atoms with Crippen LogP contribution < -0.4 is 10.1 Å². The van der Waals surface area contributed by atoms with E-state index in [1.54, 1.807) is 19.5 Å². The van der Waals surface area contributed by atoms with Gasteiger partial charge in [0.15, 0.2) is 0 Å². The third kappa shape index (κ3) is 2.73. The third-order valence-electron chi connectivity index (χ3n) is 3.83. The average molecular weight is 289 g/mol. The Morgan fingerprint density at radius 3 is 2.90 bits per heavy atom. The lowest BCUT2D eigenvalue weighted by Gasteiger charge is -2.37. The number of ether oxygens (including phenoxy) is 1. The highest BCUT2D eigenvalue weighted by Crippen LogP contribution is 2.40. The molecule has 0 unspecified atom stereocenters. The van der Waals surface area contributed by atoms with Crippen LogP contribution in [0.2, 0.25) is 5.02 Å². The van der Waals surface area contributed by atoms with Crippen LogP contribution in [0.1, 0.15) is 24.3 Å². The second-order valence-electron chi connectivity index (χ2n) is 5.14. The fourth-order valence-corrected chi connectivity index (χ4v) is 2.77.